The Kier molecular flexibility index (Phi) is 6.94. The number of halogens is 1. The summed E-state index contributed by atoms with van der Waals surface area (Å²) in [5, 5.41) is 15.2. The van der Waals surface area contributed by atoms with Crippen molar-refractivity contribution >= 4 is 45.2 Å². The third-order valence-corrected chi connectivity index (χ3v) is 4.97. The summed E-state index contributed by atoms with van der Waals surface area (Å²) in [5.74, 6) is 0.0331. The van der Waals surface area contributed by atoms with Crippen molar-refractivity contribution < 1.29 is 18.8 Å². The summed E-state index contributed by atoms with van der Waals surface area (Å²) < 4.78 is 13.2. The Morgan fingerprint density at radius 2 is 1.91 bits per heavy atom. The maximum atomic E-state index is 12.1. The lowest BCUT2D eigenvalue weighted by molar-refractivity contribution is -0.123. The minimum absolute atomic E-state index is 0.124. The summed E-state index contributed by atoms with van der Waals surface area (Å²) in [6.07, 6.45) is 3.53. The predicted octanol–water partition coefficient (Wildman–Crippen LogP) is 2.00. The zero-order chi connectivity index (χ0) is 22.3. The van der Waals surface area contributed by atoms with E-state index in [4.69, 9.17) is 9.26 Å². The number of ether oxygens (including phenoxy) is 1. The highest BCUT2D eigenvalue weighted by Crippen LogP contribution is 2.24. The molecule has 0 aliphatic heterocycles. The van der Waals surface area contributed by atoms with E-state index in [0.29, 0.717) is 18.1 Å². The first-order valence-electron chi connectivity index (χ1n) is 9.74. The molecule has 0 radical (unpaired) electrons. The van der Waals surface area contributed by atoms with Crippen LogP contribution in [0, 0.1) is 3.57 Å². The summed E-state index contributed by atoms with van der Waals surface area (Å²) in [7, 11) is 0. The van der Waals surface area contributed by atoms with E-state index in [9.17, 15) is 9.59 Å². The molecule has 2 aromatic carbocycles. The van der Waals surface area contributed by atoms with Gasteiger partial charge in [-0.2, -0.15) is 10.1 Å². The van der Waals surface area contributed by atoms with Crippen molar-refractivity contribution in [3.8, 4) is 5.75 Å². The van der Waals surface area contributed by atoms with Gasteiger partial charge in [0.25, 0.3) is 5.91 Å². The Morgan fingerprint density at radius 1 is 1.09 bits per heavy atom. The normalized spacial score (nSPS) is 10.8. The number of carbonyl (C=O) groups is 2. The Bertz CT molecular complexity index is 1230. The van der Waals surface area contributed by atoms with Crippen molar-refractivity contribution in [3.63, 3.8) is 0 Å². The Morgan fingerprint density at radius 3 is 2.75 bits per heavy atom. The average molecular weight is 546 g/mol. The molecule has 10 nitrogen and oxygen atoms in total. The van der Waals surface area contributed by atoms with Crippen molar-refractivity contribution in [1.29, 1.82) is 0 Å². The largest absolute Gasteiger partial charge is 0.483 e. The standard InChI is InChI=1S/C21H19IN6O4/c22-15-10-25-28(11-15)12-18-26-21(32-27-18)20(30)24-9-8-23-19(29)13-31-17-7-3-5-14-4-1-2-6-16(14)17/h1-7,10-11H,8-9,12-13H2,(H,23,29)(H,24,30). The number of carbonyl (C=O) groups excluding carboxylic acids is 2. The van der Waals surface area contributed by atoms with Crippen LogP contribution in [0.5, 0.6) is 5.75 Å². The smallest absolute Gasteiger partial charge is 0.316 e. The first-order valence-corrected chi connectivity index (χ1v) is 10.8. The fraction of sp³-hybridized carbons (Fsp3) is 0.190. The number of fused-ring (bicyclic) bond motifs is 1. The molecule has 0 aliphatic carbocycles. The van der Waals surface area contributed by atoms with Crippen LogP contribution in [0.2, 0.25) is 0 Å². The van der Waals surface area contributed by atoms with Gasteiger partial charge in [-0.15, -0.1) is 0 Å². The van der Waals surface area contributed by atoms with Crippen LogP contribution in [-0.4, -0.2) is 51.4 Å². The minimum atomic E-state index is -0.514. The minimum Gasteiger partial charge on any atom is -0.483 e. The molecule has 0 aliphatic rings. The lowest BCUT2D eigenvalue weighted by Gasteiger charge is -2.10. The lowest BCUT2D eigenvalue weighted by Crippen LogP contribution is -2.36. The van der Waals surface area contributed by atoms with E-state index in [1.54, 1.807) is 10.9 Å². The number of nitrogens with zero attached hydrogens (tertiary/aromatic N) is 4. The maximum Gasteiger partial charge on any atom is 0.316 e. The van der Waals surface area contributed by atoms with Crippen molar-refractivity contribution in [2.45, 2.75) is 6.54 Å². The highest BCUT2D eigenvalue weighted by molar-refractivity contribution is 14.1. The molecular formula is C21H19IN6O4. The Labute approximate surface area is 196 Å². The monoisotopic (exact) mass is 546 g/mol. The van der Waals surface area contributed by atoms with Crippen LogP contribution < -0.4 is 15.4 Å². The molecule has 2 amide bonds. The molecule has 0 saturated heterocycles. The molecule has 2 aromatic heterocycles. The van der Waals surface area contributed by atoms with Crippen molar-refractivity contribution in [2.24, 2.45) is 0 Å². The second-order valence-corrected chi connectivity index (χ2v) is 7.99. The van der Waals surface area contributed by atoms with Gasteiger partial charge in [-0.05, 0) is 34.0 Å². The second kappa shape index (κ2) is 10.2. The van der Waals surface area contributed by atoms with Gasteiger partial charge in [-0.1, -0.05) is 41.6 Å². The topological polar surface area (TPSA) is 124 Å². The van der Waals surface area contributed by atoms with E-state index >= 15 is 0 Å². The maximum absolute atomic E-state index is 12.1. The van der Waals surface area contributed by atoms with Gasteiger partial charge in [0.15, 0.2) is 12.4 Å². The van der Waals surface area contributed by atoms with E-state index in [2.05, 4.69) is 48.5 Å². The number of nitrogens with one attached hydrogen (secondary N) is 2. The highest BCUT2D eigenvalue weighted by atomic mass is 127. The lowest BCUT2D eigenvalue weighted by atomic mass is 10.1. The molecule has 0 unspecified atom stereocenters. The third-order valence-electron chi connectivity index (χ3n) is 4.41. The predicted molar refractivity (Wildman–Crippen MR) is 123 cm³/mol. The molecule has 0 spiro atoms. The zero-order valence-corrected chi connectivity index (χ0v) is 19.0. The molecule has 2 N–H and O–H groups in total. The van der Waals surface area contributed by atoms with Gasteiger partial charge in [-0.25, -0.2) is 0 Å². The van der Waals surface area contributed by atoms with Crippen LogP contribution >= 0.6 is 22.6 Å². The van der Waals surface area contributed by atoms with Gasteiger partial charge < -0.3 is 19.9 Å². The molecule has 164 valence electrons. The Balaban J connectivity index is 1.18. The van der Waals surface area contributed by atoms with Gasteiger partial charge in [-0.3, -0.25) is 14.3 Å². The van der Waals surface area contributed by atoms with Crippen LogP contribution in [0.4, 0.5) is 0 Å². The first kappa shape index (κ1) is 21.7. The van der Waals surface area contributed by atoms with Crippen LogP contribution in [-0.2, 0) is 11.3 Å². The van der Waals surface area contributed by atoms with E-state index in [0.717, 1.165) is 14.3 Å². The number of amides is 2. The van der Waals surface area contributed by atoms with Crippen LogP contribution in [0.25, 0.3) is 10.8 Å². The van der Waals surface area contributed by atoms with Gasteiger partial charge in [0.1, 0.15) is 12.3 Å². The molecule has 32 heavy (non-hydrogen) atoms. The van der Waals surface area contributed by atoms with E-state index in [-0.39, 0.29) is 31.5 Å². The average Bonchev–Trinajstić information content (AvgIpc) is 3.44. The van der Waals surface area contributed by atoms with Gasteiger partial charge in [0.2, 0.25) is 0 Å². The summed E-state index contributed by atoms with van der Waals surface area (Å²) in [6, 6.07) is 13.5. The number of aromatic nitrogens is 4. The summed E-state index contributed by atoms with van der Waals surface area (Å²) in [4.78, 5) is 28.2. The SMILES string of the molecule is O=C(COc1cccc2ccccc12)NCCNC(=O)c1nc(Cn2cc(I)cn2)no1. The first-order chi connectivity index (χ1) is 15.6. The second-order valence-electron chi connectivity index (χ2n) is 6.74. The highest BCUT2D eigenvalue weighted by Gasteiger charge is 2.15. The van der Waals surface area contributed by atoms with E-state index < -0.39 is 5.91 Å². The molecule has 0 bridgehead atoms. The molecule has 2 heterocycles. The molecule has 11 heteroatoms. The van der Waals surface area contributed by atoms with Crippen molar-refractivity contribution in [1.82, 2.24) is 30.6 Å². The van der Waals surface area contributed by atoms with Crippen molar-refractivity contribution in [3.05, 3.63) is 70.1 Å². The molecule has 4 rings (SSSR count). The zero-order valence-electron chi connectivity index (χ0n) is 16.8. The van der Waals surface area contributed by atoms with Crippen molar-refractivity contribution in [2.75, 3.05) is 19.7 Å². The third kappa shape index (κ3) is 5.60. The number of benzene rings is 2. The fourth-order valence-electron chi connectivity index (χ4n) is 2.95. The van der Waals surface area contributed by atoms with Crippen LogP contribution in [0.1, 0.15) is 16.5 Å². The van der Waals surface area contributed by atoms with E-state index in [1.165, 1.54) is 0 Å². The van der Waals surface area contributed by atoms with Crippen LogP contribution in [0.15, 0.2) is 59.4 Å². The number of hydrogen-bond donors (Lipinski definition) is 2. The molecular weight excluding hydrogens is 527 g/mol. The van der Waals surface area contributed by atoms with Gasteiger partial charge in [0, 0.05) is 24.7 Å². The quantitative estimate of drug-likeness (QED) is 0.243. The fourth-order valence-corrected chi connectivity index (χ4v) is 3.40. The van der Waals surface area contributed by atoms with E-state index in [1.807, 2.05) is 48.7 Å². The summed E-state index contributed by atoms with van der Waals surface area (Å²) >= 11 is 2.14. The molecule has 4 aromatic rings. The van der Waals surface area contributed by atoms with Crippen LogP contribution in [0.3, 0.4) is 0 Å². The summed E-state index contributed by atoms with van der Waals surface area (Å²) in [6.45, 7) is 0.609. The van der Waals surface area contributed by atoms with Gasteiger partial charge >= 0.3 is 11.8 Å². The van der Waals surface area contributed by atoms with Gasteiger partial charge in [0.05, 0.1) is 9.77 Å². The molecule has 0 atom stereocenters. The summed E-state index contributed by atoms with van der Waals surface area (Å²) in [5.41, 5.74) is 0. The molecule has 0 saturated carbocycles. The number of hydrogen-bond acceptors (Lipinski definition) is 7. The number of rotatable bonds is 9. The Hall–Kier alpha value is -3.48. The molecule has 0 fully saturated rings.